The van der Waals surface area contributed by atoms with Crippen LogP contribution in [0.2, 0.25) is 5.02 Å². The van der Waals surface area contributed by atoms with Crippen molar-refractivity contribution in [3.8, 4) is 10.7 Å². The molecule has 18 heavy (non-hydrogen) atoms. The summed E-state index contributed by atoms with van der Waals surface area (Å²) in [6.45, 7) is 1.93. The molecule has 0 bridgehead atoms. The van der Waals surface area contributed by atoms with Crippen molar-refractivity contribution in [3.05, 3.63) is 27.9 Å². The predicted octanol–water partition coefficient (Wildman–Crippen LogP) is 2.54. The minimum atomic E-state index is -0.623. The van der Waals surface area contributed by atoms with Gasteiger partial charge in [-0.05, 0) is 13.0 Å². The number of nitrogens with two attached hydrogens (primary N) is 1. The van der Waals surface area contributed by atoms with Gasteiger partial charge in [0.2, 0.25) is 0 Å². The quantitative estimate of drug-likeness (QED) is 0.857. The molecule has 0 amide bonds. The van der Waals surface area contributed by atoms with E-state index in [-0.39, 0.29) is 16.4 Å². The van der Waals surface area contributed by atoms with Gasteiger partial charge in [0.15, 0.2) is 5.69 Å². The van der Waals surface area contributed by atoms with Gasteiger partial charge in [0.1, 0.15) is 10.7 Å². The van der Waals surface area contributed by atoms with E-state index in [2.05, 4.69) is 14.7 Å². The summed E-state index contributed by atoms with van der Waals surface area (Å²) in [5.74, 6) is -0.623. The van der Waals surface area contributed by atoms with Gasteiger partial charge in [0, 0.05) is 11.1 Å². The standard InChI is InChI=1S/C11H10ClN3O2S/c1-5-4-14-10(18-5)7-3-6(13)8(12)9(15-7)11(16)17-2/h3-4H,1-2H3,(H2,13,15). The molecule has 0 aliphatic rings. The van der Waals surface area contributed by atoms with Crippen LogP contribution in [0.15, 0.2) is 12.3 Å². The van der Waals surface area contributed by atoms with Crippen LogP contribution in [0.4, 0.5) is 5.69 Å². The fourth-order valence-corrected chi connectivity index (χ4v) is 2.26. The highest BCUT2D eigenvalue weighted by Gasteiger charge is 2.18. The number of methoxy groups -OCH3 is 1. The number of hydrogen-bond acceptors (Lipinski definition) is 6. The van der Waals surface area contributed by atoms with Crippen LogP contribution in [0, 0.1) is 6.92 Å². The van der Waals surface area contributed by atoms with Gasteiger partial charge in [-0.15, -0.1) is 11.3 Å². The normalized spacial score (nSPS) is 10.4. The molecule has 2 aromatic heterocycles. The molecule has 0 saturated heterocycles. The summed E-state index contributed by atoms with van der Waals surface area (Å²) in [5, 5.41) is 0.778. The monoisotopic (exact) mass is 283 g/mol. The van der Waals surface area contributed by atoms with Gasteiger partial charge in [0.25, 0.3) is 0 Å². The molecule has 2 N–H and O–H groups in total. The number of anilines is 1. The third kappa shape index (κ3) is 2.30. The summed E-state index contributed by atoms with van der Waals surface area (Å²) < 4.78 is 4.61. The van der Waals surface area contributed by atoms with E-state index in [4.69, 9.17) is 17.3 Å². The summed E-state index contributed by atoms with van der Waals surface area (Å²) in [5.41, 5.74) is 6.54. The molecule has 94 valence electrons. The van der Waals surface area contributed by atoms with E-state index in [0.29, 0.717) is 10.7 Å². The number of hydrogen-bond donors (Lipinski definition) is 1. The molecule has 7 heteroatoms. The first kappa shape index (κ1) is 12.8. The molecular formula is C11H10ClN3O2S. The van der Waals surface area contributed by atoms with Crippen LogP contribution in [0.3, 0.4) is 0 Å². The Morgan fingerprint density at radius 1 is 1.56 bits per heavy atom. The number of aromatic nitrogens is 2. The van der Waals surface area contributed by atoms with Crippen LogP contribution >= 0.6 is 22.9 Å². The third-order valence-electron chi connectivity index (χ3n) is 2.20. The number of esters is 1. The van der Waals surface area contributed by atoms with E-state index in [9.17, 15) is 4.79 Å². The minimum absolute atomic E-state index is 0.00187. The van der Waals surface area contributed by atoms with Crippen LogP contribution in [0.5, 0.6) is 0 Å². The number of aryl methyl sites for hydroxylation is 1. The van der Waals surface area contributed by atoms with Crippen LogP contribution in [-0.4, -0.2) is 23.0 Å². The van der Waals surface area contributed by atoms with E-state index in [1.165, 1.54) is 18.4 Å². The zero-order valence-corrected chi connectivity index (χ0v) is 11.3. The second-order valence-corrected chi connectivity index (χ2v) is 5.14. The Morgan fingerprint density at radius 2 is 2.28 bits per heavy atom. The van der Waals surface area contributed by atoms with E-state index in [0.717, 1.165) is 4.88 Å². The van der Waals surface area contributed by atoms with Gasteiger partial charge in [0.05, 0.1) is 17.8 Å². The molecule has 0 spiro atoms. The maximum atomic E-state index is 11.5. The topological polar surface area (TPSA) is 78.1 Å². The molecule has 0 saturated carbocycles. The molecule has 5 nitrogen and oxygen atoms in total. The molecule has 2 aromatic rings. The average Bonchev–Trinajstić information content (AvgIpc) is 2.78. The van der Waals surface area contributed by atoms with E-state index >= 15 is 0 Å². The highest BCUT2D eigenvalue weighted by molar-refractivity contribution is 7.14. The van der Waals surface area contributed by atoms with Crippen molar-refractivity contribution in [2.45, 2.75) is 6.92 Å². The zero-order valence-electron chi connectivity index (χ0n) is 9.73. The van der Waals surface area contributed by atoms with Gasteiger partial charge in [-0.25, -0.2) is 14.8 Å². The molecular weight excluding hydrogens is 274 g/mol. The summed E-state index contributed by atoms with van der Waals surface area (Å²) in [4.78, 5) is 20.9. The van der Waals surface area contributed by atoms with E-state index in [1.807, 2.05) is 6.92 Å². The first-order chi connectivity index (χ1) is 8.52. The Bertz CT molecular complexity index is 612. The molecule has 2 rings (SSSR count). The first-order valence-electron chi connectivity index (χ1n) is 5.00. The molecule has 0 aliphatic carbocycles. The zero-order chi connectivity index (χ0) is 13.3. The van der Waals surface area contributed by atoms with Crippen LogP contribution in [0.1, 0.15) is 15.4 Å². The average molecular weight is 284 g/mol. The number of carbonyl (C=O) groups is 1. The van der Waals surface area contributed by atoms with Crippen molar-refractivity contribution in [1.82, 2.24) is 9.97 Å². The molecule has 0 unspecified atom stereocenters. The van der Waals surface area contributed by atoms with Crippen LogP contribution in [-0.2, 0) is 4.74 Å². The second kappa shape index (κ2) is 4.91. The molecule has 0 atom stereocenters. The molecule has 0 fully saturated rings. The summed E-state index contributed by atoms with van der Waals surface area (Å²) >= 11 is 7.39. The Labute approximate surface area is 113 Å². The lowest BCUT2D eigenvalue weighted by molar-refractivity contribution is 0.0594. The van der Waals surface area contributed by atoms with Crippen molar-refractivity contribution in [3.63, 3.8) is 0 Å². The first-order valence-corrected chi connectivity index (χ1v) is 6.19. The number of nitrogens with zero attached hydrogens (tertiary/aromatic N) is 2. The molecule has 2 heterocycles. The number of rotatable bonds is 2. The van der Waals surface area contributed by atoms with E-state index < -0.39 is 5.97 Å². The van der Waals surface area contributed by atoms with Crippen molar-refractivity contribution < 1.29 is 9.53 Å². The maximum Gasteiger partial charge on any atom is 0.358 e. The lowest BCUT2D eigenvalue weighted by atomic mass is 10.2. The number of halogens is 1. The SMILES string of the molecule is COC(=O)c1nc(-c2ncc(C)s2)cc(N)c1Cl. The summed E-state index contributed by atoms with van der Waals surface area (Å²) in [6, 6.07) is 1.59. The number of nitrogen functional groups attached to an aromatic ring is 1. The van der Waals surface area contributed by atoms with Gasteiger partial charge in [-0.1, -0.05) is 11.6 Å². The van der Waals surface area contributed by atoms with Crippen molar-refractivity contribution in [1.29, 1.82) is 0 Å². The smallest absolute Gasteiger partial charge is 0.358 e. The predicted molar refractivity (Wildman–Crippen MR) is 70.8 cm³/mol. The summed E-state index contributed by atoms with van der Waals surface area (Å²) in [7, 11) is 1.26. The van der Waals surface area contributed by atoms with Crippen LogP contribution in [0.25, 0.3) is 10.7 Å². The van der Waals surface area contributed by atoms with Crippen molar-refractivity contribution >= 4 is 34.6 Å². The van der Waals surface area contributed by atoms with Gasteiger partial charge < -0.3 is 10.5 Å². The van der Waals surface area contributed by atoms with Gasteiger partial charge in [-0.2, -0.15) is 0 Å². The minimum Gasteiger partial charge on any atom is -0.464 e. The maximum absolute atomic E-state index is 11.5. The Morgan fingerprint density at radius 3 is 2.83 bits per heavy atom. The Kier molecular flexibility index (Phi) is 3.49. The lowest BCUT2D eigenvalue weighted by Gasteiger charge is -2.06. The molecule has 0 radical (unpaired) electrons. The highest BCUT2D eigenvalue weighted by Crippen LogP contribution is 2.30. The fourth-order valence-electron chi connectivity index (χ4n) is 1.36. The number of pyridine rings is 1. The Balaban J connectivity index is 2.57. The van der Waals surface area contributed by atoms with Gasteiger partial charge in [-0.3, -0.25) is 0 Å². The second-order valence-electron chi connectivity index (χ2n) is 3.53. The van der Waals surface area contributed by atoms with E-state index in [1.54, 1.807) is 12.3 Å². The number of ether oxygens (including phenoxy) is 1. The Hall–Kier alpha value is -1.66. The van der Waals surface area contributed by atoms with Crippen molar-refractivity contribution in [2.75, 3.05) is 12.8 Å². The lowest BCUT2D eigenvalue weighted by Crippen LogP contribution is -2.07. The summed E-state index contributed by atoms with van der Waals surface area (Å²) in [6.07, 6.45) is 1.73. The number of thiazole rings is 1. The highest BCUT2D eigenvalue weighted by atomic mass is 35.5. The number of carbonyl (C=O) groups excluding carboxylic acids is 1. The molecule has 0 aromatic carbocycles. The fraction of sp³-hybridized carbons (Fsp3) is 0.182. The molecule has 0 aliphatic heterocycles. The van der Waals surface area contributed by atoms with Crippen LogP contribution < -0.4 is 5.73 Å². The third-order valence-corrected chi connectivity index (χ3v) is 3.54. The largest absolute Gasteiger partial charge is 0.464 e. The van der Waals surface area contributed by atoms with Gasteiger partial charge >= 0.3 is 5.97 Å². The van der Waals surface area contributed by atoms with Crippen molar-refractivity contribution in [2.24, 2.45) is 0 Å².